The molecule has 0 saturated carbocycles. The molecule has 2 aromatic rings. The highest BCUT2D eigenvalue weighted by atomic mass is 16.5. The highest BCUT2D eigenvalue weighted by Crippen LogP contribution is 2.28. The van der Waals surface area contributed by atoms with Crippen LogP contribution in [-0.2, 0) is 0 Å². The van der Waals surface area contributed by atoms with Crippen molar-refractivity contribution in [1.29, 1.82) is 0 Å². The van der Waals surface area contributed by atoms with Gasteiger partial charge >= 0.3 is 0 Å². The molecule has 2 N–H and O–H groups in total. The van der Waals surface area contributed by atoms with Crippen molar-refractivity contribution in [3.63, 3.8) is 0 Å². The van der Waals surface area contributed by atoms with E-state index in [0.717, 1.165) is 38.5 Å². The lowest BCUT2D eigenvalue weighted by molar-refractivity contribution is 0.242. The fourth-order valence-corrected chi connectivity index (χ4v) is 3.15. The van der Waals surface area contributed by atoms with Crippen LogP contribution >= 0.6 is 0 Å². The van der Waals surface area contributed by atoms with E-state index in [2.05, 4.69) is 46.2 Å². The molecular weight excluding hydrogens is 286 g/mol. The molecule has 0 bridgehead atoms. The smallest absolute Gasteiger partial charge is 0.142 e. The highest BCUT2D eigenvalue weighted by Gasteiger charge is 2.21. The van der Waals surface area contributed by atoms with Gasteiger partial charge in [-0.25, -0.2) is 0 Å². The van der Waals surface area contributed by atoms with Gasteiger partial charge in [-0.2, -0.15) is 0 Å². The lowest BCUT2D eigenvalue weighted by Gasteiger charge is -2.37. The number of hydrogen-bond acceptors (Lipinski definition) is 4. The Bertz CT molecular complexity index is 609. The van der Waals surface area contributed by atoms with Crippen LogP contribution < -0.4 is 15.4 Å². The Kier molecular flexibility index (Phi) is 5.16. The summed E-state index contributed by atoms with van der Waals surface area (Å²) < 4.78 is 5.47. The third-order valence-corrected chi connectivity index (χ3v) is 4.48. The number of ether oxygens (including phenoxy) is 1. The van der Waals surface area contributed by atoms with Crippen LogP contribution in [0.3, 0.4) is 0 Å². The van der Waals surface area contributed by atoms with Gasteiger partial charge in [-0.3, -0.25) is 4.90 Å². The summed E-state index contributed by atoms with van der Waals surface area (Å²) in [6, 6.07) is 18.6. The molecule has 3 rings (SSSR count). The number of nitrogens with two attached hydrogens (primary N) is 1. The zero-order valence-corrected chi connectivity index (χ0v) is 13.7. The summed E-state index contributed by atoms with van der Waals surface area (Å²) in [6.45, 7) is 4.96. The maximum absolute atomic E-state index is 6.34. The van der Waals surface area contributed by atoms with Gasteiger partial charge in [-0.1, -0.05) is 42.5 Å². The summed E-state index contributed by atoms with van der Waals surface area (Å²) in [5, 5.41) is 0. The van der Waals surface area contributed by atoms with Crippen molar-refractivity contribution in [3.8, 4) is 5.75 Å². The first kappa shape index (κ1) is 15.8. The third-order valence-electron chi connectivity index (χ3n) is 4.48. The first-order chi connectivity index (χ1) is 11.3. The molecule has 1 saturated heterocycles. The SMILES string of the molecule is COc1ccccc1N1CCN(CC(N)c2ccccc2)CC1. The number of anilines is 1. The van der Waals surface area contributed by atoms with Crippen LogP contribution in [0.5, 0.6) is 5.75 Å². The van der Waals surface area contributed by atoms with Gasteiger partial charge in [-0.05, 0) is 17.7 Å². The van der Waals surface area contributed by atoms with Crippen molar-refractivity contribution >= 4 is 5.69 Å². The number of piperazine rings is 1. The summed E-state index contributed by atoms with van der Waals surface area (Å²) >= 11 is 0. The molecule has 4 heteroatoms. The van der Waals surface area contributed by atoms with Gasteiger partial charge in [0, 0.05) is 38.8 Å². The van der Waals surface area contributed by atoms with Crippen molar-refractivity contribution in [2.45, 2.75) is 6.04 Å². The maximum atomic E-state index is 6.34. The standard InChI is InChI=1S/C19H25N3O/c1-23-19-10-6-5-9-18(19)22-13-11-21(12-14-22)15-17(20)16-7-3-2-4-8-16/h2-10,17H,11-15,20H2,1H3. The van der Waals surface area contributed by atoms with Gasteiger partial charge < -0.3 is 15.4 Å². The summed E-state index contributed by atoms with van der Waals surface area (Å²) in [5.41, 5.74) is 8.73. The third kappa shape index (κ3) is 3.84. The lowest BCUT2D eigenvalue weighted by Crippen LogP contribution is -2.48. The van der Waals surface area contributed by atoms with Gasteiger partial charge in [0.2, 0.25) is 0 Å². The van der Waals surface area contributed by atoms with Crippen molar-refractivity contribution in [2.75, 3.05) is 44.7 Å². The van der Waals surface area contributed by atoms with E-state index in [0.29, 0.717) is 0 Å². The Hall–Kier alpha value is -2.04. The van der Waals surface area contributed by atoms with Crippen molar-refractivity contribution < 1.29 is 4.74 Å². The van der Waals surface area contributed by atoms with Crippen LogP contribution in [0.25, 0.3) is 0 Å². The number of nitrogens with zero attached hydrogens (tertiary/aromatic N) is 2. The number of methoxy groups -OCH3 is 1. The number of para-hydroxylation sites is 2. The first-order valence-electron chi connectivity index (χ1n) is 8.19. The van der Waals surface area contributed by atoms with Gasteiger partial charge in [0.15, 0.2) is 0 Å². The summed E-state index contributed by atoms with van der Waals surface area (Å²) in [6.07, 6.45) is 0. The molecule has 1 aliphatic heterocycles. The molecule has 1 heterocycles. The summed E-state index contributed by atoms with van der Waals surface area (Å²) in [7, 11) is 1.73. The van der Waals surface area contributed by atoms with E-state index < -0.39 is 0 Å². The van der Waals surface area contributed by atoms with E-state index in [-0.39, 0.29) is 6.04 Å². The molecule has 122 valence electrons. The minimum absolute atomic E-state index is 0.0778. The van der Waals surface area contributed by atoms with Crippen LogP contribution in [0.1, 0.15) is 11.6 Å². The molecule has 1 unspecified atom stereocenters. The second kappa shape index (κ2) is 7.49. The minimum atomic E-state index is 0.0778. The van der Waals surface area contributed by atoms with Crippen molar-refractivity contribution in [3.05, 3.63) is 60.2 Å². The fourth-order valence-electron chi connectivity index (χ4n) is 3.15. The molecule has 0 radical (unpaired) electrons. The van der Waals surface area contributed by atoms with Gasteiger partial charge in [0.25, 0.3) is 0 Å². The van der Waals surface area contributed by atoms with Gasteiger partial charge in [0.05, 0.1) is 12.8 Å². The Morgan fingerprint density at radius 1 is 0.957 bits per heavy atom. The van der Waals surface area contributed by atoms with Crippen molar-refractivity contribution in [2.24, 2.45) is 5.73 Å². The Morgan fingerprint density at radius 2 is 1.61 bits per heavy atom. The molecule has 23 heavy (non-hydrogen) atoms. The zero-order chi connectivity index (χ0) is 16.1. The molecule has 0 spiro atoms. The van der Waals surface area contributed by atoms with Crippen LogP contribution in [0.4, 0.5) is 5.69 Å². The molecule has 0 amide bonds. The van der Waals surface area contributed by atoms with Crippen LogP contribution in [0.15, 0.2) is 54.6 Å². The van der Waals surface area contributed by atoms with Crippen LogP contribution in [-0.4, -0.2) is 44.7 Å². The predicted molar refractivity (Wildman–Crippen MR) is 95.0 cm³/mol. The van der Waals surface area contributed by atoms with E-state index >= 15 is 0 Å². The molecule has 1 atom stereocenters. The van der Waals surface area contributed by atoms with E-state index in [4.69, 9.17) is 10.5 Å². The van der Waals surface area contributed by atoms with E-state index in [1.807, 2.05) is 18.2 Å². The monoisotopic (exact) mass is 311 g/mol. The number of benzene rings is 2. The Balaban J connectivity index is 1.56. The molecular formula is C19H25N3O. The second-order valence-electron chi connectivity index (χ2n) is 5.98. The molecule has 2 aromatic carbocycles. The van der Waals surface area contributed by atoms with Crippen LogP contribution in [0.2, 0.25) is 0 Å². The molecule has 1 fully saturated rings. The van der Waals surface area contributed by atoms with Crippen LogP contribution in [0, 0.1) is 0 Å². The molecule has 4 nitrogen and oxygen atoms in total. The quantitative estimate of drug-likeness (QED) is 0.921. The Labute approximate surface area is 138 Å². The maximum Gasteiger partial charge on any atom is 0.142 e. The Morgan fingerprint density at radius 3 is 2.30 bits per heavy atom. The van der Waals surface area contributed by atoms with Gasteiger partial charge in [-0.15, -0.1) is 0 Å². The number of hydrogen-bond donors (Lipinski definition) is 1. The molecule has 1 aliphatic rings. The topological polar surface area (TPSA) is 41.7 Å². The summed E-state index contributed by atoms with van der Waals surface area (Å²) in [5.74, 6) is 0.946. The zero-order valence-electron chi connectivity index (χ0n) is 13.7. The first-order valence-corrected chi connectivity index (χ1v) is 8.19. The predicted octanol–water partition coefficient (Wildman–Crippen LogP) is 2.52. The minimum Gasteiger partial charge on any atom is -0.495 e. The van der Waals surface area contributed by atoms with Gasteiger partial charge in [0.1, 0.15) is 5.75 Å². The molecule has 0 aromatic heterocycles. The van der Waals surface area contributed by atoms with E-state index in [1.165, 1.54) is 11.3 Å². The van der Waals surface area contributed by atoms with E-state index in [1.54, 1.807) is 7.11 Å². The molecule has 0 aliphatic carbocycles. The average molecular weight is 311 g/mol. The summed E-state index contributed by atoms with van der Waals surface area (Å²) in [4.78, 5) is 4.84. The average Bonchev–Trinajstić information content (AvgIpc) is 2.63. The lowest BCUT2D eigenvalue weighted by atomic mass is 10.1. The van der Waals surface area contributed by atoms with E-state index in [9.17, 15) is 0 Å². The normalized spacial score (nSPS) is 17.0. The highest BCUT2D eigenvalue weighted by molar-refractivity contribution is 5.58. The number of rotatable bonds is 5. The van der Waals surface area contributed by atoms with Crippen molar-refractivity contribution in [1.82, 2.24) is 4.90 Å². The second-order valence-corrected chi connectivity index (χ2v) is 5.98. The fraction of sp³-hybridized carbons (Fsp3) is 0.368. The largest absolute Gasteiger partial charge is 0.495 e.